The van der Waals surface area contributed by atoms with Crippen molar-refractivity contribution in [3.63, 3.8) is 0 Å². The Bertz CT molecular complexity index is 1100. The molecule has 7 nitrogen and oxygen atoms in total. The van der Waals surface area contributed by atoms with E-state index in [1.54, 1.807) is 27.1 Å². The van der Waals surface area contributed by atoms with Gasteiger partial charge >= 0.3 is 0 Å². The number of benzene rings is 1. The van der Waals surface area contributed by atoms with Crippen molar-refractivity contribution in [3.8, 4) is 5.69 Å². The summed E-state index contributed by atoms with van der Waals surface area (Å²) in [6.07, 6.45) is 2.30. The zero-order valence-electron chi connectivity index (χ0n) is 17.5. The highest BCUT2D eigenvalue weighted by atomic mass is 19.1. The van der Waals surface area contributed by atoms with Crippen LogP contribution in [0.15, 0.2) is 42.6 Å². The number of halogens is 2. The van der Waals surface area contributed by atoms with Gasteiger partial charge in [-0.05, 0) is 38.1 Å². The lowest BCUT2D eigenvalue weighted by molar-refractivity contribution is -0.128. The van der Waals surface area contributed by atoms with Crippen molar-refractivity contribution >= 4 is 11.8 Å². The second-order valence-corrected chi connectivity index (χ2v) is 7.12. The molecule has 0 atom stereocenters. The van der Waals surface area contributed by atoms with Crippen molar-refractivity contribution in [2.24, 2.45) is 0 Å². The smallest absolute Gasteiger partial charge is 0.255 e. The summed E-state index contributed by atoms with van der Waals surface area (Å²) in [4.78, 5) is 30.8. The van der Waals surface area contributed by atoms with E-state index in [4.69, 9.17) is 0 Å². The number of aryl methyl sites for hydroxylation is 1. The zero-order valence-corrected chi connectivity index (χ0v) is 17.5. The molecule has 1 N–H and O–H groups in total. The first-order valence-electron chi connectivity index (χ1n) is 9.71. The minimum atomic E-state index is -0.790. The second-order valence-electron chi connectivity index (χ2n) is 7.12. The molecule has 9 heteroatoms. The Balaban J connectivity index is 1.64. The summed E-state index contributed by atoms with van der Waals surface area (Å²) in [7, 11) is 1.66. The van der Waals surface area contributed by atoms with Gasteiger partial charge in [-0.3, -0.25) is 14.6 Å². The van der Waals surface area contributed by atoms with Crippen LogP contribution in [0.1, 0.15) is 27.4 Å². The molecule has 2 amide bonds. The summed E-state index contributed by atoms with van der Waals surface area (Å²) in [5.41, 5.74) is 1.91. The largest absolute Gasteiger partial charge is 0.344 e. The van der Waals surface area contributed by atoms with Crippen LogP contribution >= 0.6 is 0 Å². The standard InChI is InChI=1S/C22H23F2N5O2/c1-14-21(15(2)29(27-14)19-8-7-16(23)12-18(19)24)22(31)26-13-20(30)28(3)11-9-17-6-4-5-10-25-17/h4-8,10,12H,9,11,13H2,1-3H3,(H,26,31). The van der Waals surface area contributed by atoms with E-state index in [1.165, 1.54) is 15.6 Å². The van der Waals surface area contributed by atoms with Crippen LogP contribution in [0.5, 0.6) is 0 Å². The van der Waals surface area contributed by atoms with Gasteiger partial charge in [0.1, 0.15) is 11.5 Å². The fraction of sp³-hybridized carbons (Fsp3) is 0.273. The van der Waals surface area contributed by atoms with Crippen LogP contribution in [-0.4, -0.2) is 51.6 Å². The predicted molar refractivity (Wildman–Crippen MR) is 111 cm³/mol. The van der Waals surface area contributed by atoms with E-state index in [-0.39, 0.29) is 23.7 Å². The molecule has 0 radical (unpaired) electrons. The zero-order chi connectivity index (χ0) is 22.5. The fourth-order valence-electron chi connectivity index (χ4n) is 3.19. The Labute approximate surface area is 178 Å². The SMILES string of the molecule is Cc1nn(-c2ccc(F)cc2F)c(C)c1C(=O)NCC(=O)N(C)CCc1ccccn1. The first-order chi connectivity index (χ1) is 14.8. The van der Waals surface area contributed by atoms with E-state index in [0.717, 1.165) is 17.8 Å². The minimum Gasteiger partial charge on any atom is -0.344 e. The molecule has 0 aliphatic rings. The van der Waals surface area contributed by atoms with Gasteiger partial charge in [0, 0.05) is 38.0 Å². The first kappa shape index (κ1) is 22.1. The molecule has 0 spiro atoms. The summed E-state index contributed by atoms with van der Waals surface area (Å²) in [5, 5.41) is 6.80. The third-order valence-corrected chi connectivity index (χ3v) is 4.91. The molecule has 0 fully saturated rings. The van der Waals surface area contributed by atoms with Crippen molar-refractivity contribution in [1.82, 2.24) is 25.0 Å². The van der Waals surface area contributed by atoms with E-state index in [1.807, 2.05) is 18.2 Å². The van der Waals surface area contributed by atoms with Gasteiger partial charge in [0.05, 0.1) is 23.5 Å². The second kappa shape index (κ2) is 9.46. The lowest BCUT2D eigenvalue weighted by Crippen LogP contribution is -2.39. The van der Waals surface area contributed by atoms with E-state index in [9.17, 15) is 18.4 Å². The van der Waals surface area contributed by atoms with Gasteiger partial charge in [0.25, 0.3) is 5.91 Å². The van der Waals surface area contributed by atoms with Gasteiger partial charge in [-0.15, -0.1) is 0 Å². The molecule has 0 aliphatic carbocycles. The van der Waals surface area contributed by atoms with Gasteiger partial charge in [-0.2, -0.15) is 5.10 Å². The third-order valence-electron chi connectivity index (χ3n) is 4.91. The number of nitrogens with zero attached hydrogens (tertiary/aromatic N) is 4. The van der Waals surface area contributed by atoms with Crippen molar-refractivity contribution in [2.45, 2.75) is 20.3 Å². The highest BCUT2D eigenvalue weighted by molar-refractivity contribution is 5.98. The Hall–Kier alpha value is -3.62. The van der Waals surface area contributed by atoms with Crippen molar-refractivity contribution in [1.29, 1.82) is 0 Å². The molecule has 2 aromatic heterocycles. The Morgan fingerprint density at radius 2 is 1.94 bits per heavy atom. The average Bonchev–Trinajstić information content (AvgIpc) is 3.04. The number of carbonyl (C=O) groups is 2. The Morgan fingerprint density at radius 3 is 2.61 bits per heavy atom. The molecule has 0 unspecified atom stereocenters. The number of nitrogens with one attached hydrogen (secondary N) is 1. The number of amides is 2. The van der Waals surface area contributed by atoms with Crippen LogP contribution in [0, 0.1) is 25.5 Å². The number of hydrogen-bond acceptors (Lipinski definition) is 4. The number of likely N-dealkylation sites (N-methyl/N-ethyl adjacent to an activating group) is 1. The van der Waals surface area contributed by atoms with Gasteiger partial charge in [-0.1, -0.05) is 6.07 Å². The lowest BCUT2D eigenvalue weighted by atomic mass is 10.2. The Morgan fingerprint density at radius 1 is 1.16 bits per heavy atom. The van der Waals surface area contributed by atoms with Crippen molar-refractivity contribution in [2.75, 3.05) is 20.1 Å². The third kappa shape index (κ3) is 5.11. The molecule has 0 aliphatic heterocycles. The number of hydrogen-bond donors (Lipinski definition) is 1. The van der Waals surface area contributed by atoms with E-state index in [2.05, 4.69) is 15.4 Å². The molecule has 2 heterocycles. The molecule has 162 valence electrons. The quantitative estimate of drug-likeness (QED) is 0.629. The number of carbonyl (C=O) groups excluding carboxylic acids is 2. The van der Waals surface area contributed by atoms with Crippen LogP contribution in [0.25, 0.3) is 5.69 Å². The molecule has 1 aromatic carbocycles. The van der Waals surface area contributed by atoms with Crippen molar-refractivity contribution < 1.29 is 18.4 Å². The maximum Gasteiger partial charge on any atom is 0.255 e. The Kier molecular flexibility index (Phi) is 6.74. The topological polar surface area (TPSA) is 80.1 Å². The summed E-state index contributed by atoms with van der Waals surface area (Å²) >= 11 is 0. The molecular formula is C22H23F2N5O2. The maximum atomic E-state index is 14.1. The van der Waals surface area contributed by atoms with E-state index < -0.39 is 17.5 Å². The highest BCUT2D eigenvalue weighted by Gasteiger charge is 2.22. The van der Waals surface area contributed by atoms with Crippen LogP contribution in [-0.2, 0) is 11.2 Å². The number of pyridine rings is 1. The van der Waals surface area contributed by atoms with Crippen LogP contribution in [0.3, 0.4) is 0 Å². The van der Waals surface area contributed by atoms with Gasteiger partial charge in [0.2, 0.25) is 5.91 Å². The molecule has 0 saturated heterocycles. The predicted octanol–water partition coefficient (Wildman–Crippen LogP) is 2.59. The summed E-state index contributed by atoms with van der Waals surface area (Å²) in [5.74, 6) is -2.24. The van der Waals surface area contributed by atoms with Gasteiger partial charge in [0.15, 0.2) is 5.82 Å². The van der Waals surface area contributed by atoms with E-state index in [0.29, 0.717) is 24.4 Å². The molecule has 31 heavy (non-hydrogen) atoms. The first-order valence-corrected chi connectivity index (χ1v) is 9.71. The maximum absolute atomic E-state index is 14.1. The van der Waals surface area contributed by atoms with Gasteiger partial charge in [-0.25, -0.2) is 13.5 Å². The highest BCUT2D eigenvalue weighted by Crippen LogP contribution is 2.20. The van der Waals surface area contributed by atoms with Crippen LogP contribution in [0.2, 0.25) is 0 Å². The molecule has 3 rings (SSSR count). The van der Waals surface area contributed by atoms with Crippen molar-refractivity contribution in [3.05, 3.63) is 76.9 Å². The number of rotatable bonds is 7. The van der Waals surface area contributed by atoms with Crippen LogP contribution in [0.4, 0.5) is 8.78 Å². The average molecular weight is 427 g/mol. The molecule has 0 bridgehead atoms. The molecule has 3 aromatic rings. The van der Waals surface area contributed by atoms with E-state index >= 15 is 0 Å². The summed E-state index contributed by atoms with van der Waals surface area (Å²) in [6, 6.07) is 8.72. The number of aromatic nitrogens is 3. The summed E-state index contributed by atoms with van der Waals surface area (Å²) in [6.45, 7) is 3.50. The molecular weight excluding hydrogens is 404 g/mol. The molecule has 0 saturated carbocycles. The summed E-state index contributed by atoms with van der Waals surface area (Å²) < 4.78 is 28.6. The van der Waals surface area contributed by atoms with Gasteiger partial charge < -0.3 is 10.2 Å². The lowest BCUT2D eigenvalue weighted by Gasteiger charge is -2.17. The van der Waals surface area contributed by atoms with Crippen LogP contribution < -0.4 is 5.32 Å². The minimum absolute atomic E-state index is 0.0337. The monoisotopic (exact) mass is 427 g/mol. The fourth-order valence-corrected chi connectivity index (χ4v) is 3.19. The normalized spacial score (nSPS) is 10.7.